The fourth-order valence-electron chi connectivity index (χ4n) is 4.84. The molecule has 2 aliphatic rings. The Morgan fingerprint density at radius 1 is 1.26 bits per heavy atom. The fourth-order valence-corrected chi connectivity index (χ4v) is 4.84. The van der Waals surface area contributed by atoms with E-state index in [0.29, 0.717) is 30.4 Å². The summed E-state index contributed by atoms with van der Waals surface area (Å²) in [5.74, 6) is 0.944. The molecule has 2 aromatic rings. The zero-order chi connectivity index (χ0) is 27.8. The number of likely N-dealkylation sites (tertiary alicyclic amines) is 1. The predicted molar refractivity (Wildman–Crippen MR) is 131 cm³/mol. The van der Waals surface area contributed by atoms with Crippen LogP contribution in [0, 0.1) is 12.3 Å². The van der Waals surface area contributed by atoms with Gasteiger partial charge in [-0.1, -0.05) is 19.1 Å². The summed E-state index contributed by atoms with van der Waals surface area (Å²) in [6.07, 6.45) is -1.01. The smallest absolute Gasteiger partial charge is 0.253 e. The maximum atomic E-state index is 12.6. The van der Waals surface area contributed by atoms with Crippen LogP contribution in [-0.4, -0.2) is 89.3 Å². The molecule has 0 bridgehead atoms. The molecular weight excluding hydrogens is 450 g/mol. The fraction of sp³-hybridized carbons (Fsp3) is 0.538. The zero-order valence-electron chi connectivity index (χ0n) is 23.2. The monoisotopic (exact) mass is 488 g/mol. The molecule has 1 aromatic carbocycles. The maximum absolute atomic E-state index is 12.6. The van der Waals surface area contributed by atoms with Crippen molar-refractivity contribution >= 4 is 11.7 Å². The Morgan fingerprint density at radius 2 is 2.03 bits per heavy atom. The van der Waals surface area contributed by atoms with Crippen molar-refractivity contribution in [2.75, 3.05) is 44.8 Å². The van der Waals surface area contributed by atoms with Gasteiger partial charge in [0.05, 0.1) is 32.9 Å². The van der Waals surface area contributed by atoms with E-state index in [-0.39, 0.29) is 30.7 Å². The van der Waals surface area contributed by atoms with Gasteiger partial charge in [0.15, 0.2) is 17.6 Å². The Kier molecular flexibility index (Phi) is 6.12. The summed E-state index contributed by atoms with van der Waals surface area (Å²) in [6.45, 7) is 2.36. The minimum atomic E-state index is -2.19. The van der Waals surface area contributed by atoms with Gasteiger partial charge in [-0.3, -0.25) is 4.79 Å². The van der Waals surface area contributed by atoms with E-state index in [0.717, 1.165) is 5.56 Å². The van der Waals surface area contributed by atoms with Gasteiger partial charge < -0.3 is 34.6 Å². The molecule has 190 valence electrons. The highest BCUT2D eigenvalue weighted by Gasteiger charge is 2.49. The van der Waals surface area contributed by atoms with Crippen LogP contribution >= 0.6 is 0 Å². The summed E-state index contributed by atoms with van der Waals surface area (Å²) in [6, 6.07) is 8.80. The van der Waals surface area contributed by atoms with Crippen LogP contribution in [-0.2, 0) is 4.79 Å². The molecule has 0 radical (unpaired) electrons. The number of hydrogen-bond acceptors (Lipinski definition) is 8. The number of rotatable bonds is 8. The van der Waals surface area contributed by atoms with Gasteiger partial charge in [0.2, 0.25) is 0 Å². The number of aliphatic hydroxyl groups is 3. The summed E-state index contributed by atoms with van der Waals surface area (Å²) >= 11 is 0. The molecule has 1 amide bonds. The highest BCUT2D eigenvalue weighted by Crippen LogP contribution is 2.47. The number of aliphatic hydroxyl groups excluding tert-OH is 3. The first-order valence-corrected chi connectivity index (χ1v) is 11.7. The third-order valence-corrected chi connectivity index (χ3v) is 7.26. The molecule has 3 heterocycles. The number of carbonyl (C=O) groups is 1. The van der Waals surface area contributed by atoms with Crippen LogP contribution in [0.4, 0.5) is 5.82 Å². The average molecular weight is 489 g/mol. The maximum Gasteiger partial charge on any atom is 0.253 e. The van der Waals surface area contributed by atoms with Gasteiger partial charge in [-0.05, 0) is 43.1 Å². The van der Waals surface area contributed by atoms with Gasteiger partial charge in [0.25, 0.3) is 5.91 Å². The van der Waals surface area contributed by atoms with Crippen molar-refractivity contribution in [3.05, 3.63) is 47.7 Å². The van der Waals surface area contributed by atoms with Crippen molar-refractivity contribution in [1.82, 2.24) is 9.88 Å². The summed E-state index contributed by atoms with van der Waals surface area (Å²) in [5.41, 5.74) is 0.366. The third-order valence-electron chi connectivity index (χ3n) is 7.26. The highest BCUT2D eigenvalue weighted by atomic mass is 16.5. The number of carbonyl (C=O) groups excluding carboxylic acids is 1. The number of hydrogen-bond donors (Lipinski definition) is 3. The summed E-state index contributed by atoms with van der Waals surface area (Å²) in [7, 11) is 1.55. The van der Waals surface area contributed by atoms with E-state index in [2.05, 4.69) is 4.98 Å². The lowest BCUT2D eigenvalue weighted by atomic mass is 9.72. The molecule has 3 N–H and O–H groups in total. The Morgan fingerprint density at radius 3 is 2.63 bits per heavy atom. The lowest BCUT2D eigenvalue weighted by Gasteiger charge is -2.40. The van der Waals surface area contributed by atoms with Crippen molar-refractivity contribution in [2.45, 2.75) is 44.9 Å². The Hall–Kier alpha value is -2.88. The summed E-state index contributed by atoms with van der Waals surface area (Å²) in [4.78, 5) is 20.3. The van der Waals surface area contributed by atoms with E-state index in [1.54, 1.807) is 32.2 Å². The number of benzene rings is 1. The summed E-state index contributed by atoms with van der Waals surface area (Å²) in [5, 5.41) is 29.8. The van der Waals surface area contributed by atoms with Gasteiger partial charge in [-0.25, -0.2) is 4.98 Å². The molecule has 35 heavy (non-hydrogen) atoms. The van der Waals surface area contributed by atoms with E-state index in [4.69, 9.17) is 13.6 Å². The minimum Gasteiger partial charge on any atom is -0.493 e. The topological polar surface area (TPSA) is 116 Å². The van der Waals surface area contributed by atoms with E-state index < -0.39 is 37.0 Å². The molecule has 2 saturated heterocycles. The quantitative estimate of drug-likeness (QED) is 0.510. The van der Waals surface area contributed by atoms with Crippen molar-refractivity contribution in [1.29, 1.82) is 0 Å². The molecule has 0 aliphatic carbocycles. The number of pyridine rings is 1. The van der Waals surface area contributed by atoms with Gasteiger partial charge in [-0.2, -0.15) is 0 Å². The molecule has 1 aromatic heterocycles. The Balaban J connectivity index is 1.49. The molecule has 4 rings (SSSR count). The molecule has 9 heteroatoms. The largest absolute Gasteiger partial charge is 0.493 e. The molecule has 4 atom stereocenters. The van der Waals surface area contributed by atoms with Gasteiger partial charge >= 0.3 is 0 Å². The molecule has 2 fully saturated rings. The minimum absolute atomic E-state index is 0.146. The van der Waals surface area contributed by atoms with E-state index >= 15 is 0 Å². The Bertz CT molecular complexity index is 1140. The van der Waals surface area contributed by atoms with Gasteiger partial charge in [-0.15, -0.1) is 0 Å². The molecular formula is C26H35N3O6. The third kappa shape index (κ3) is 4.94. The second-order valence-electron chi connectivity index (χ2n) is 9.61. The van der Waals surface area contributed by atoms with E-state index in [9.17, 15) is 20.1 Å². The van der Waals surface area contributed by atoms with Crippen molar-refractivity contribution in [2.24, 2.45) is 5.41 Å². The SMILES string of the molecule is [2H]C([2H])([2H])c1ccc(N2CC(Oc3cc([C@@H]4CN(C(=O)[C@@H](O)CO)C[C@@]4(C)[C@@H](C)O)ccc3OC)C2)nc1. The van der Waals surface area contributed by atoms with Crippen molar-refractivity contribution in [3.8, 4) is 11.5 Å². The molecule has 9 nitrogen and oxygen atoms in total. The van der Waals surface area contributed by atoms with Crippen molar-refractivity contribution < 1.29 is 33.7 Å². The lowest BCUT2D eigenvalue weighted by molar-refractivity contribution is -0.141. The van der Waals surface area contributed by atoms with Crippen LogP contribution < -0.4 is 14.4 Å². The standard InChI is InChI=1S/C26H35N3O6/c1-16-5-8-24(27-10-16)28-11-19(12-28)35-23-9-18(6-7-22(23)34-4)20-13-29(25(33)21(32)14-30)15-26(20,3)17(2)31/h5-10,17,19-21,30-32H,11-15H2,1-4H3/t17-,20+,21+,26+/m1/s1/i1D3. The molecule has 2 aliphatic heterocycles. The number of amides is 1. The Labute approximate surface area is 210 Å². The number of nitrogens with zero attached hydrogens (tertiary/aromatic N) is 3. The second kappa shape index (κ2) is 10.0. The predicted octanol–water partition coefficient (Wildman–Crippen LogP) is 1.33. The molecule has 0 unspecified atom stereocenters. The van der Waals surface area contributed by atoms with Crippen molar-refractivity contribution in [3.63, 3.8) is 0 Å². The van der Waals surface area contributed by atoms with Crippen LogP contribution in [0.2, 0.25) is 0 Å². The number of aryl methyl sites for hydroxylation is 1. The van der Waals surface area contributed by atoms with Crippen LogP contribution in [0.25, 0.3) is 0 Å². The number of ether oxygens (including phenoxy) is 2. The second-order valence-corrected chi connectivity index (χ2v) is 9.61. The molecule has 0 saturated carbocycles. The average Bonchev–Trinajstić information content (AvgIpc) is 3.23. The van der Waals surface area contributed by atoms with Gasteiger partial charge in [0, 0.05) is 34.7 Å². The normalized spacial score (nSPS) is 25.8. The van der Waals surface area contributed by atoms with Crippen LogP contribution in [0.1, 0.15) is 35.0 Å². The first-order valence-electron chi connectivity index (χ1n) is 13.2. The first-order chi connectivity index (χ1) is 17.9. The van der Waals surface area contributed by atoms with E-state index in [1.165, 1.54) is 11.1 Å². The number of anilines is 1. The first kappa shape index (κ1) is 21.4. The number of methoxy groups -OCH3 is 1. The lowest BCUT2D eigenvalue weighted by Crippen LogP contribution is -2.54. The number of aromatic nitrogens is 1. The van der Waals surface area contributed by atoms with Crippen LogP contribution in [0.15, 0.2) is 36.5 Å². The highest BCUT2D eigenvalue weighted by molar-refractivity contribution is 5.81. The molecule has 0 spiro atoms. The van der Waals surface area contributed by atoms with Crippen LogP contribution in [0.5, 0.6) is 11.5 Å². The van der Waals surface area contributed by atoms with E-state index in [1.807, 2.05) is 24.0 Å². The zero-order valence-corrected chi connectivity index (χ0v) is 20.2. The van der Waals surface area contributed by atoms with Gasteiger partial charge in [0.1, 0.15) is 11.9 Å². The summed E-state index contributed by atoms with van der Waals surface area (Å²) < 4.78 is 34.2. The van der Waals surface area contributed by atoms with Crippen LogP contribution in [0.3, 0.4) is 0 Å².